The highest BCUT2D eigenvalue weighted by atomic mass is 35.5. The molecule has 1 atom stereocenters. The topological polar surface area (TPSA) is 75.9 Å². The average Bonchev–Trinajstić information content (AvgIpc) is 2.51. The number of carbonyl (C=O) groups is 2. The van der Waals surface area contributed by atoms with E-state index in [-0.39, 0.29) is 36.2 Å². The molecule has 1 aromatic carbocycles. The molecule has 2 amide bonds. The van der Waals surface area contributed by atoms with Crippen molar-refractivity contribution in [3.05, 3.63) is 24.3 Å². The molecule has 1 unspecified atom stereocenters. The van der Waals surface area contributed by atoms with Gasteiger partial charge in [0.25, 0.3) is 5.91 Å². The molecule has 7 heteroatoms. The van der Waals surface area contributed by atoms with Gasteiger partial charge in [-0.25, -0.2) is 0 Å². The summed E-state index contributed by atoms with van der Waals surface area (Å²) in [6.07, 6.45) is -0.594. The van der Waals surface area contributed by atoms with Crippen molar-refractivity contribution < 1.29 is 14.3 Å². The number of rotatable bonds is 5. The summed E-state index contributed by atoms with van der Waals surface area (Å²) >= 11 is 0. The van der Waals surface area contributed by atoms with E-state index in [0.29, 0.717) is 24.5 Å². The van der Waals surface area contributed by atoms with Crippen molar-refractivity contribution in [3.63, 3.8) is 0 Å². The first-order valence-corrected chi connectivity index (χ1v) is 7.76. The number of para-hydroxylation sites is 2. The van der Waals surface area contributed by atoms with E-state index in [0.717, 1.165) is 0 Å². The van der Waals surface area contributed by atoms with Crippen LogP contribution in [0.1, 0.15) is 20.8 Å². The molecule has 2 rings (SSSR count). The third-order valence-electron chi connectivity index (χ3n) is 4.01. The SMILES string of the molecule is CC1Oc2ccccc2N(CC(=O)N(C)CC(C)(C)CN)C1=O.Cl. The van der Waals surface area contributed by atoms with Gasteiger partial charge in [0.05, 0.1) is 5.69 Å². The number of anilines is 1. The van der Waals surface area contributed by atoms with Crippen LogP contribution < -0.4 is 15.4 Å². The van der Waals surface area contributed by atoms with Crippen molar-refractivity contribution in [2.75, 3.05) is 31.6 Å². The summed E-state index contributed by atoms with van der Waals surface area (Å²) < 4.78 is 5.58. The minimum absolute atomic E-state index is 0. The third kappa shape index (κ3) is 4.39. The Morgan fingerprint density at radius 2 is 2.00 bits per heavy atom. The van der Waals surface area contributed by atoms with E-state index >= 15 is 0 Å². The summed E-state index contributed by atoms with van der Waals surface area (Å²) in [4.78, 5) is 28.0. The standard InChI is InChI=1S/C17H25N3O3.ClH/c1-12-16(22)20(13-7-5-6-8-14(13)23-12)9-15(21)19(4)11-17(2,3)10-18;/h5-8,12H,9-11,18H2,1-4H3;1H. The van der Waals surface area contributed by atoms with Gasteiger partial charge in [0.15, 0.2) is 6.10 Å². The van der Waals surface area contributed by atoms with E-state index in [1.807, 2.05) is 26.0 Å². The molecule has 1 aliphatic heterocycles. The first kappa shape index (κ1) is 20.3. The molecular weight excluding hydrogens is 330 g/mol. The maximum Gasteiger partial charge on any atom is 0.268 e. The second kappa shape index (κ2) is 7.85. The Hall–Kier alpha value is -1.79. The van der Waals surface area contributed by atoms with E-state index < -0.39 is 6.10 Å². The number of ether oxygens (including phenoxy) is 1. The average molecular weight is 356 g/mol. The molecule has 0 radical (unpaired) electrons. The largest absolute Gasteiger partial charge is 0.479 e. The van der Waals surface area contributed by atoms with Crippen molar-refractivity contribution in [3.8, 4) is 5.75 Å². The van der Waals surface area contributed by atoms with Crippen molar-refractivity contribution >= 4 is 29.9 Å². The molecule has 1 aliphatic rings. The van der Waals surface area contributed by atoms with Crippen LogP contribution in [0.5, 0.6) is 5.75 Å². The van der Waals surface area contributed by atoms with Crippen LogP contribution in [0.2, 0.25) is 0 Å². The molecule has 0 aliphatic carbocycles. The van der Waals surface area contributed by atoms with E-state index in [2.05, 4.69) is 0 Å². The van der Waals surface area contributed by atoms with Gasteiger partial charge in [0.1, 0.15) is 12.3 Å². The van der Waals surface area contributed by atoms with Crippen molar-refractivity contribution in [2.24, 2.45) is 11.1 Å². The zero-order valence-electron chi connectivity index (χ0n) is 14.6. The van der Waals surface area contributed by atoms with Gasteiger partial charge >= 0.3 is 0 Å². The van der Waals surface area contributed by atoms with Crippen LogP contribution in [0, 0.1) is 5.41 Å². The Kier molecular flexibility index (Phi) is 6.63. The van der Waals surface area contributed by atoms with Crippen molar-refractivity contribution in [1.29, 1.82) is 0 Å². The molecule has 0 spiro atoms. The van der Waals surface area contributed by atoms with Gasteiger partial charge in [-0.1, -0.05) is 26.0 Å². The Bertz CT molecular complexity index is 606. The molecular formula is C17H26ClN3O3. The second-order valence-corrected chi connectivity index (χ2v) is 6.77. The normalized spacial score (nSPS) is 16.8. The number of amides is 2. The van der Waals surface area contributed by atoms with Gasteiger partial charge in [0, 0.05) is 13.6 Å². The predicted molar refractivity (Wildman–Crippen MR) is 96.6 cm³/mol. The monoisotopic (exact) mass is 355 g/mol. The van der Waals surface area contributed by atoms with Gasteiger partial charge in [-0.2, -0.15) is 0 Å². The molecule has 0 saturated heterocycles. The molecule has 134 valence electrons. The van der Waals surface area contributed by atoms with Crippen LogP contribution >= 0.6 is 12.4 Å². The molecule has 1 aromatic rings. The van der Waals surface area contributed by atoms with E-state index in [1.165, 1.54) is 4.90 Å². The lowest BCUT2D eigenvalue weighted by Crippen LogP contribution is -2.50. The predicted octanol–water partition coefficient (Wildman–Crippen LogP) is 1.67. The zero-order valence-corrected chi connectivity index (χ0v) is 15.4. The summed E-state index contributed by atoms with van der Waals surface area (Å²) in [6.45, 7) is 6.73. The highest BCUT2D eigenvalue weighted by molar-refractivity contribution is 6.03. The number of benzene rings is 1. The Morgan fingerprint density at radius 1 is 1.38 bits per heavy atom. The first-order valence-electron chi connectivity index (χ1n) is 7.76. The Morgan fingerprint density at radius 3 is 2.62 bits per heavy atom. The molecule has 0 aromatic heterocycles. The zero-order chi connectivity index (χ0) is 17.2. The number of nitrogens with two attached hydrogens (primary N) is 1. The van der Waals surface area contributed by atoms with Gasteiger partial charge in [-0.05, 0) is 31.0 Å². The van der Waals surface area contributed by atoms with Crippen molar-refractivity contribution in [2.45, 2.75) is 26.9 Å². The van der Waals surface area contributed by atoms with E-state index in [9.17, 15) is 9.59 Å². The highest BCUT2D eigenvalue weighted by Gasteiger charge is 2.33. The molecule has 6 nitrogen and oxygen atoms in total. The van der Waals surface area contributed by atoms with Crippen LogP contribution in [0.3, 0.4) is 0 Å². The fourth-order valence-electron chi connectivity index (χ4n) is 2.57. The quantitative estimate of drug-likeness (QED) is 0.871. The van der Waals surface area contributed by atoms with E-state index in [1.54, 1.807) is 31.0 Å². The number of hydrogen-bond acceptors (Lipinski definition) is 4. The molecule has 0 bridgehead atoms. The lowest BCUT2D eigenvalue weighted by atomic mass is 9.93. The molecule has 24 heavy (non-hydrogen) atoms. The maximum absolute atomic E-state index is 12.5. The van der Waals surface area contributed by atoms with Gasteiger partial charge in [-0.3, -0.25) is 14.5 Å². The summed E-state index contributed by atoms with van der Waals surface area (Å²) in [6, 6.07) is 7.26. The van der Waals surface area contributed by atoms with Crippen LogP contribution in [0.4, 0.5) is 5.69 Å². The van der Waals surface area contributed by atoms with Crippen LogP contribution in [0.25, 0.3) is 0 Å². The van der Waals surface area contributed by atoms with Gasteiger partial charge in [-0.15, -0.1) is 12.4 Å². The summed E-state index contributed by atoms with van der Waals surface area (Å²) in [5.41, 5.74) is 6.20. The van der Waals surface area contributed by atoms with E-state index in [4.69, 9.17) is 10.5 Å². The Balaban J connectivity index is 0.00000288. The van der Waals surface area contributed by atoms with Gasteiger partial charge in [0.2, 0.25) is 5.91 Å². The molecule has 1 heterocycles. The molecule has 0 fully saturated rings. The summed E-state index contributed by atoms with van der Waals surface area (Å²) in [7, 11) is 1.74. The number of nitrogens with zero attached hydrogens (tertiary/aromatic N) is 2. The van der Waals surface area contributed by atoms with Gasteiger partial charge < -0.3 is 15.4 Å². The number of carbonyl (C=O) groups excluding carboxylic acids is 2. The van der Waals surface area contributed by atoms with Crippen LogP contribution in [-0.4, -0.2) is 49.5 Å². The third-order valence-corrected chi connectivity index (χ3v) is 4.01. The van der Waals surface area contributed by atoms with Crippen LogP contribution in [-0.2, 0) is 9.59 Å². The fourth-order valence-corrected chi connectivity index (χ4v) is 2.57. The number of fused-ring (bicyclic) bond motifs is 1. The highest BCUT2D eigenvalue weighted by Crippen LogP contribution is 2.33. The second-order valence-electron chi connectivity index (χ2n) is 6.77. The molecule has 0 saturated carbocycles. The Labute approximate surface area is 149 Å². The van der Waals surface area contributed by atoms with Crippen LogP contribution in [0.15, 0.2) is 24.3 Å². The number of halogens is 1. The van der Waals surface area contributed by atoms with Crippen molar-refractivity contribution in [1.82, 2.24) is 4.90 Å². The maximum atomic E-state index is 12.5. The summed E-state index contributed by atoms with van der Waals surface area (Å²) in [5, 5.41) is 0. The number of hydrogen-bond donors (Lipinski definition) is 1. The fraction of sp³-hybridized carbons (Fsp3) is 0.529. The summed E-state index contributed by atoms with van der Waals surface area (Å²) in [5.74, 6) is 0.296. The smallest absolute Gasteiger partial charge is 0.268 e. The lowest BCUT2D eigenvalue weighted by Gasteiger charge is -2.34. The number of likely N-dealkylation sites (N-methyl/N-ethyl adjacent to an activating group) is 1. The minimum Gasteiger partial charge on any atom is -0.479 e. The minimum atomic E-state index is -0.594. The lowest BCUT2D eigenvalue weighted by molar-refractivity contribution is -0.133. The first-order chi connectivity index (χ1) is 10.7. The molecule has 2 N–H and O–H groups in total.